The number of nitrogens with one attached hydrogen (secondary N) is 2. The van der Waals surface area contributed by atoms with Gasteiger partial charge in [0, 0.05) is 19.5 Å². The normalized spacial score (nSPS) is 20.3. The topological polar surface area (TPSA) is 95.6 Å². The maximum absolute atomic E-state index is 12.2. The first-order valence-corrected chi connectivity index (χ1v) is 7.60. The zero-order valence-electron chi connectivity index (χ0n) is 12.5. The van der Waals surface area contributed by atoms with E-state index in [-0.39, 0.29) is 36.6 Å². The van der Waals surface area contributed by atoms with E-state index in [9.17, 15) is 19.2 Å². The Kier molecular flexibility index (Phi) is 4.10. The van der Waals surface area contributed by atoms with Crippen LogP contribution in [0.3, 0.4) is 0 Å². The summed E-state index contributed by atoms with van der Waals surface area (Å²) in [7, 11) is 0. The molecule has 0 aliphatic carbocycles. The van der Waals surface area contributed by atoms with Crippen LogP contribution in [-0.4, -0.2) is 47.7 Å². The van der Waals surface area contributed by atoms with Crippen molar-refractivity contribution in [1.82, 2.24) is 15.5 Å². The zero-order chi connectivity index (χ0) is 16.4. The Morgan fingerprint density at radius 1 is 1.17 bits per heavy atom. The van der Waals surface area contributed by atoms with Gasteiger partial charge in [-0.1, -0.05) is 12.1 Å². The van der Waals surface area contributed by atoms with E-state index in [1.165, 1.54) is 0 Å². The molecular weight excluding hydrogens is 298 g/mol. The molecule has 2 aliphatic rings. The molecule has 0 radical (unpaired) electrons. The van der Waals surface area contributed by atoms with Gasteiger partial charge < -0.3 is 10.6 Å². The largest absolute Gasteiger partial charge is 0.354 e. The molecule has 1 unspecified atom stereocenters. The average molecular weight is 315 g/mol. The van der Waals surface area contributed by atoms with Crippen LogP contribution in [-0.2, 0) is 9.59 Å². The number of carbonyl (C=O) groups is 4. The number of fused-ring (bicyclic) bond motifs is 1. The smallest absolute Gasteiger partial charge is 0.261 e. The number of benzene rings is 1. The number of piperidine rings is 1. The molecule has 2 N–H and O–H groups in total. The quantitative estimate of drug-likeness (QED) is 0.769. The number of hydrogen-bond donors (Lipinski definition) is 2. The molecule has 2 heterocycles. The lowest BCUT2D eigenvalue weighted by Crippen LogP contribution is -2.50. The number of amides is 4. The zero-order valence-corrected chi connectivity index (χ0v) is 12.5. The Balaban J connectivity index is 1.57. The Morgan fingerprint density at radius 3 is 2.43 bits per heavy atom. The fourth-order valence-electron chi connectivity index (χ4n) is 2.83. The van der Waals surface area contributed by atoms with Crippen molar-refractivity contribution in [3.05, 3.63) is 35.4 Å². The van der Waals surface area contributed by atoms with E-state index in [1.54, 1.807) is 24.3 Å². The molecule has 120 valence electrons. The van der Waals surface area contributed by atoms with Crippen LogP contribution in [0.15, 0.2) is 24.3 Å². The van der Waals surface area contributed by atoms with Gasteiger partial charge in [0.1, 0.15) is 6.04 Å². The van der Waals surface area contributed by atoms with E-state index in [4.69, 9.17) is 0 Å². The second-order valence-electron chi connectivity index (χ2n) is 5.61. The molecule has 1 aromatic rings. The summed E-state index contributed by atoms with van der Waals surface area (Å²) in [5.41, 5.74) is 0.731. The first kappa shape index (κ1) is 15.2. The minimum Gasteiger partial charge on any atom is -0.354 e. The van der Waals surface area contributed by atoms with E-state index < -0.39 is 6.04 Å². The third-order valence-electron chi connectivity index (χ3n) is 4.06. The predicted octanol–water partition coefficient (Wildman–Crippen LogP) is 0.0675. The molecule has 0 aromatic heterocycles. The SMILES string of the molecule is O=C(CCN1C(=O)c2ccccc2C1=O)NC1CCCNC1=O. The molecule has 23 heavy (non-hydrogen) atoms. The lowest BCUT2D eigenvalue weighted by Gasteiger charge is -2.23. The molecule has 1 atom stereocenters. The molecule has 4 amide bonds. The first-order chi connectivity index (χ1) is 11.1. The van der Waals surface area contributed by atoms with Crippen molar-refractivity contribution >= 4 is 23.6 Å². The first-order valence-electron chi connectivity index (χ1n) is 7.60. The molecule has 0 saturated carbocycles. The lowest BCUT2D eigenvalue weighted by molar-refractivity contribution is -0.130. The maximum Gasteiger partial charge on any atom is 0.261 e. The third-order valence-corrected chi connectivity index (χ3v) is 4.06. The van der Waals surface area contributed by atoms with Crippen LogP contribution in [0.25, 0.3) is 0 Å². The summed E-state index contributed by atoms with van der Waals surface area (Å²) in [6.07, 6.45) is 1.40. The highest BCUT2D eigenvalue weighted by Gasteiger charge is 2.35. The Labute approximate surface area is 133 Å². The fourth-order valence-corrected chi connectivity index (χ4v) is 2.83. The van der Waals surface area contributed by atoms with Crippen molar-refractivity contribution < 1.29 is 19.2 Å². The molecule has 1 fully saturated rings. The van der Waals surface area contributed by atoms with E-state index in [0.717, 1.165) is 11.3 Å². The summed E-state index contributed by atoms with van der Waals surface area (Å²) < 4.78 is 0. The van der Waals surface area contributed by atoms with Crippen molar-refractivity contribution in [1.29, 1.82) is 0 Å². The predicted molar refractivity (Wildman–Crippen MR) is 80.6 cm³/mol. The number of hydrogen-bond acceptors (Lipinski definition) is 4. The van der Waals surface area contributed by atoms with Crippen LogP contribution in [0, 0.1) is 0 Å². The van der Waals surface area contributed by atoms with Crippen LogP contribution in [0.5, 0.6) is 0 Å². The van der Waals surface area contributed by atoms with E-state index in [1.807, 2.05) is 0 Å². The summed E-state index contributed by atoms with van der Waals surface area (Å²) in [6.45, 7) is 0.632. The minimum atomic E-state index is -0.529. The van der Waals surface area contributed by atoms with E-state index in [0.29, 0.717) is 24.1 Å². The minimum absolute atomic E-state index is 0.00647. The summed E-state index contributed by atoms with van der Waals surface area (Å²) in [5.74, 6) is -1.29. The number of nitrogens with zero attached hydrogens (tertiary/aromatic N) is 1. The molecule has 0 bridgehead atoms. The second kappa shape index (κ2) is 6.20. The summed E-state index contributed by atoms with van der Waals surface area (Å²) >= 11 is 0. The molecular formula is C16H17N3O4. The number of rotatable bonds is 4. The third kappa shape index (κ3) is 2.94. The van der Waals surface area contributed by atoms with E-state index in [2.05, 4.69) is 10.6 Å². The van der Waals surface area contributed by atoms with Gasteiger partial charge >= 0.3 is 0 Å². The van der Waals surface area contributed by atoms with Crippen LogP contribution in [0.1, 0.15) is 40.0 Å². The van der Waals surface area contributed by atoms with Crippen LogP contribution in [0.4, 0.5) is 0 Å². The Hall–Kier alpha value is -2.70. The molecule has 7 heteroatoms. The van der Waals surface area contributed by atoms with Crippen molar-refractivity contribution in [2.24, 2.45) is 0 Å². The Morgan fingerprint density at radius 2 is 1.83 bits per heavy atom. The van der Waals surface area contributed by atoms with Gasteiger partial charge in [0.05, 0.1) is 11.1 Å². The number of carbonyl (C=O) groups excluding carboxylic acids is 4. The molecule has 0 spiro atoms. The molecule has 2 aliphatic heterocycles. The van der Waals surface area contributed by atoms with Crippen molar-refractivity contribution in [2.45, 2.75) is 25.3 Å². The Bertz CT molecular complexity index is 651. The van der Waals surface area contributed by atoms with Gasteiger partial charge in [0.25, 0.3) is 11.8 Å². The summed E-state index contributed by atoms with van der Waals surface area (Å²) in [6, 6.07) is 6.06. The van der Waals surface area contributed by atoms with Gasteiger partial charge in [-0.2, -0.15) is 0 Å². The van der Waals surface area contributed by atoms with Gasteiger partial charge in [-0.15, -0.1) is 0 Å². The van der Waals surface area contributed by atoms with Crippen LogP contribution < -0.4 is 10.6 Å². The van der Waals surface area contributed by atoms with Gasteiger partial charge in [0.15, 0.2) is 0 Å². The molecule has 1 aromatic carbocycles. The summed E-state index contributed by atoms with van der Waals surface area (Å²) in [4.78, 5) is 49.0. The fraction of sp³-hybridized carbons (Fsp3) is 0.375. The van der Waals surface area contributed by atoms with E-state index >= 15 is 0 Å². The average Bonchev–Trinajstić information content (AvgIpc) is 2.80. The number of imide groups is 1. The molecule has 1 saturated heterocycles. The highest BCUT2D eigenvalue weighted by molar-refractivity contribution is 6.21. The summed E-state index contributed by atoms with van der Waals surface area (Å²) in [5, 5.41) is 5.33. The van der Waals surface area contributed by atoms with Crippen molar-refractivity contribution in [3.63, 3.8) is 0 Å². The molecule has 7 nitrogen and oxygen atoms in total. The van der Waals surface area contributed by atoms with Crippen LogP contribution in [0.2, 0.25) is 0 Å². The molecule has 3 rings (SSSR count). The van der Waals surface area contributed by atoms with Gasteiger partial charge in [0.2, 0.25) is 11.8 Å². The van der Waals surface area contributed by atoms with Gasteiger partial charge in [-0.05, 0) is 25.0 Å². The van der Waals surface area contributed by atoms with Gasteiger partial charge in [-0.3, -0.25) is 24.1 Å². The van der Waals surface area contributed by atoms with Crippen molar-refractivity contribution in [3.8, 4) is 0 Å². The lowest BCUT2D eigenvalue weighted by atomic mass is 10.1. The highest BCUT2D eigenvalue weighted by Crippen LogP contribution is 2.22. The monoisotopic (exact) mass is 315 g/mol. The standard InChI is InChI=1S/C16H17N3O4/c20-13(18-12-6-3-8-17-14(12)21)7-9-19-15(22)10-4-1-2-5-11(10)16(19)23/h1-2,4-5,12H,3,6-9H2,(H,17,21)(H,18,20). The van der Waals surface area contributed by atoms with Crippen LogP contribution >= 0.6 is 0 Å². The van der Waals surface area contributed by atoms with Gasteiger partial charge in [-0.25, -0.2) is 0 Å². The highest BCUT2D eigenvalue weighted by atomic mass is 16.2. The second-order valence-corrected chi connectivity index (χ2v) is 5.61. The van der Waals surface area contributed by atoms with Crippen molar-refractivity contribution in [2.75, 3.05) is 13.1 Å². The maximum atomic E-state index is 12.2.